The van der Waals surface area contributed by atoms with E-state index in [1.807, 2.05) is 0 Å². The average Bonchev–Trinajstić information content (AvgIpc) is 4.27. The predicted molar refractivity (Wildman–Crippen MR) is 330 cm³/mol. The van der Waals surface area contributed by atoms with Gasteiger partial charge in [-0.25, -0.2) is 0 Å². The second-order valence-corrected chi connectivity index (χ2v) is 27.1. The quantitative estimate of drug-likeness (QED) is 0.135. The maximum atomic E-state index is 7.00. The lowest BCUT2D eigenvalue weighted by Gasteiger charge is -2.36. The molecule has 0 radical (unpaired) electrons. The maximum Gasteiger partial charge on any atom is 0.159 e. The first kappa shape index (κ1) is 45.9. The van der Waals surface area contributed by atoms with Gasteiger partial charge >= 0.3 is 0 Å². The topological polar surface area (TPSA) is 32.8 Å². The molecule has 5 heteroatoms. The van der Waals surface area contributed by atoms with Crippen molar-refractivity contribution in [2.45, 2.75) is 32.0 Å². The average molecular weight is 1020 g/mol. The summed E-state index contributed by atoms with van der Waals surface area (Å²) < 4.78 is 14.0. The van der Waals surface area contributed by atoms with E-state index in [0.717, 1.165) is 88.8 Å². The number of rotatable bonds is 9. The lowest BCUT2D eigenvalue weighted by atomic mass is 9.67. The van der Waals surface area contributed by atoms with Crippen LogP contribution in [0.25, 0.3) is 76.5 Å². The minimum absolute atomic E-state index is 0.814. The fourth-order valence-electron chi connectivity index (χ4n) is 13.0. The van der Waals surface area contributed by atoms with E-state index in [-0.39, 0.29) is 0 Å². The lowest BCUT2D eigenvalue weighted by Crippen LogP contribution is -2.37. The monoisotopic (exact) mass is 1020 g/mol. The molecule has 0 saturated carbocycles. The van der Waals surface area contributed by atoms with E-state index in [1.165, 1.54) is 54.9 Å². The molecule has 0 saturated heterocycles. The number of aryl methyl sites for hydroxylation is 1. The molecule has 0 aliphatic heterocycles. The van der Waals surface area contributed by atoms with E-state index in [1.54, 1.807) is 0 Å². The molecule has 0 bridgehead atoms. The van der Waals surface area contributed by atoms with Crippen molar-refractivity contribution in [2.75, 3.05) is 9.80 Å². The zero-order valence-electron chi connectivity index (χ0n) is 44.0. The highest BCUT2D eigenvalue weighted by Gasteiger charge is 2.49. The Bertz CT molecular complexity index is 4660. The number of fused-ring (bicyclic) bond motifs is 13. The van der Waals surface area contributed by atoms with Gasteiger partial charge in [0.2, 0.25) is 0 Å². The third kappa shape index (κ3) is 6.84. The molecular formula is C73H54N2O2Si. The SMILES string of the molecule is Cc1cccc(N(c2cc3c(c4ccccc24)-c2c(cc(N(c4cccc([Si](C)(C)C)c4)c4cccc5c4oc4ccccc45)c4ccccc24)C3(c2ccccc2)c2ccccc2)c2cccc3c2oc2ccccc23)c1. The molecule has 0 spiro atoms. The highest BCUT2D eigenvalue weighted by atomic mass is 28.3. The number of hydrogen-bond acceptors (Lipinski definition) is 4. The minimum atomic E-state index is -1.79. The number of furan rings is 2. The first-order chi connectivity index (χ1) is 38.3. The fraction of sp³-hybridized carbons (Fsp3) is 0.0685. The summed E-state index contributed by atoms with van der Waals surface area (Å²) in [4.78, 5) is 4.95. The molecule has 4 nitrogen and oxygen atoms in total. The van der Waals surface area contributed by atoms with Crippen LogP contribution in [0.2, 0.25) is 19.6 Å². The van der Waals surface area contributed by atoms with E-state index in [9.17, 15) is 0 Å². The molecule has 1 aliphatic carbocycles. The van der Waals surface area contributed by atoms with Gasteiger partial charge in [-0.3, -0.25) is 0 Å². The Kier molecular flexibility index (Phi) is 10.3. The van der Waals surface area contributed by atoms with Crippen molar-refractivity contribution in [2.24, 2.45) is 0 Å². The number of hydrogen-bond donors (Lipinski definition) is 0. The molecule has 2 aromatic heterocycles. The Morgan fingerprint density at radius 1 is 0.333 bits per heavy atom. The Hall–Kier alpha value is -9.42. The summed E-state index contributed by atoms with van der Waals surface area (Å²) in [6.45, 7) is 9.48. The number of benzene rings is 12. The summed E-state index contributed by atoms with van der Waals surface area (Å²) in [7, 11) is -1.79. The van der Waals surface area contributed by atoms with E-state index in [0.29, 0.717) is 0 Å². The Labute approximate surface area is 454 Å². The van der Waals surface area contributed by atoms with Crippen LogP contribution in [0.15, 0.2) is 264 Å². The van der Waals surface area contributed by atoms with E-state index in [4.69, 9.17) is 8.83 Å². The zero-order valence-corrected chi connectivity index (χ0v) is 45.0. The summed E-state index contributed by atoms with van der Waals surface area (Å²) in [6, 6.07) is 93.9. The zero-order chi connectivity index (χ0) is 52.3. The van der Waals surface area contributed by atoms with Crippen LogP contribution < -0.4 is 15.0 Å². The van der Waals surface area contributed by atoms with E-state index in [2.05, 4.69) is 291 Å². The summed E-state index contributed by atoms with van der Waals surface area (Å²) >= 11 is 0. The van der Waals surface area contributed by atoms with Crippen LogP contribution in [0, 0.1) is 6.92 Å². The van der Waals surface area contributed by atoms with Crippen LogP contribution in [-0.2, 0) is 5.41 Å². The van der Waals surface area contributed by atoms with E-state index >= 15 is 0 Å². The van der Waals surface area contributed by atoms with Gasteiger partial charge in [-0.1, -0.05) is 219 Å². The Morgan fingerprint density at radius 3 is 1.21 bits per heavy atom. The van der Waals surface area contributed by atoms with Crippen molar-refractivity contribution in [3.8, 4) is 11.1 Å². The van der Waals surface area contributed by atoms with Crippen LogP contribution in [0.3, 0.4) is 0 Å². The molecule has 0 fully saturated rings. The summed E-state index contributed by atoms with van der Waals surface area (Å²) in [6.07, 6.45) is 0. The van der Waals surface area contributed by atoms with Crippen LogP contribution in [0.1, 0.15) is 27.8 Å². The highest BCUT2D eigenvalue weighted by Crippen LogP contribution is 2.63. The molecule has 0 N–H and O–H groups in total. The largest absolute Gasteiger partial charge is 0.454 e. The summed E-state index contributed by atoms with van der Waals surface area (Å²) in [5.74, 6) is 0. The van der Waals surface area contributed by atoms with Crippen molar-refractivity contribution in [1.29, 1.82) is 0 Å². The Morgan fingerprint density at radius 2 is 0.731 bits per heavy atom. The first-order valence-electron chi connectivity index (χ1n) is 27.1. The van der Waals surface area contributed by atoms with Gasteiger partial charge in [0.25, 0.3) is 0 Å². The van der Waals surface area contributed by atoms with Crippen molar-refractivity contribution in [3.63, 3.8) is 0 Å². The van der Waals surface area contributed by atoms with Gasteiger partial charge in [0.1, 0.15) is 11.2 Å². The molecule has 0 amide bonds. The molecule has 0 atom stereocenters. The third-order valence-electron chi connectivity index (χ3n) is 16.5. The molecule has 2 heterocycles. The highest BCUT2D eigenvalue weighted by molar-refractivity contribution is 6.88. The van der Waals surface area contributed by atoms with Crippen molar-refractivity contribution in [3.05, 3.63) is 283 Å². The Balaban J connectivity index is 1.10. The summed E-state index contributed by atoms with van der Waals surface area (Å²) in [5.41, 5.74) is 17.3. The normalized spacial score (nSPS) is 13.0. The summed E-state index contributed by atoms with van der Waals surface area (Å²) in [5, 5.41) is 10.4. The smallest absolute Gasteiger partial charge is 0.159 e. The van der Waals surface area contributed by atoms with Gasteiger partial charge < -0.3 is 18.6 Å². The predicted octanol–water partition coefficient (Wildman–Crippen LogP) is 19.9. The van der Waals surface area contributed by atoms with Gasteiger partial charge in [-0.05, 0) is 117 Å². The second kappa shape index (κ2) is 17.6. The molecule has 12 aromatic carbocycles. The lowest BCUT2D eigenvalue weighted by molar-refractivity contribution is 0.669. The molecule has 15 rings (SSSR count). The van der Waals surface area contributed by atoms with Gasteiger partial charge in [0.05, 0.1) is 36.2 Å². The second-order valence-electron chi connectivity index (χ2n) is 22.0. The van der Waals surface area contributed by atoms with Crippen LogP contribution in [0.4, 0.5) is 34.1 Å². The van der Waals surface area contributed by atoms with Crippen LogP contribution in [0.5, 0.6) is 0 Å². The van der Waals surface area contributed by atoms with Gasteiger partial charge in [-0.15, -0.1) is 0 Å². The van der Waals surface area contributed by atoms with Gasteiger partial charge in [0, 0.05) is 43.7 Å². The van der Waals surface area contributed by atoms with E-state index < -0.39 is 13.5 Å². The van der Waals surface area contributed by atoms with Crippen LogP contribution >= 0.6 is 0 Å². The molecule has 14 aromatic rings. The van der Waals surface area contributed by atoms with Crippen molar-refractivity contribution in [1.82, 2.24) is 0 Å². The fourth-order valence-corrected chi connectivity index (χ4v) is 14.2. The third-order valence-corrected chi connectivity index (χ3v) is 18.5. The van der Waals surface area contributed by atoms with Gasteiger partial charge in [0.15, 0.2) is 11.2 Å². The van der Waals surface area contributed by atoms with Crippen LogP contribution in [-0.4, -0.2) is 8.07 Å². The van der Waals surface area contributed by atoms with Crippen molar-refractivity contribution >= 4 is 113 Å². The molecule has 78 heavy (non-hydrogen) atoms. The van der Waals surface area contributed by atoms with Gasteiger partial charge in [-0.2, -0.15) is 0 Å². The minimum Gasteiger partial charge on any atom is -0.454 e. The number of nitrogens with zero attached hydrogens (tertiary/aromatic N) is 2. The molecule has 0 unspecified atom stereocenters. The number of anilines is 6. The molecule has 372 valence electrons. The van der Waals surface area contributed by atoms with Crippen molar-refractivity contribution < 1.29 is 8.83 Å². The molecule has 1 aliphatic rings. The standard InChI is InChI=1S/C73H54N2O2Si/c1-47-23-19-28-50(43-47)74(63-39-21-37-59-55-33-15-17-41-67(55)76-71(59)63)65-45-61-69(57-35-13-11-31-53(57)65)70-58-36-14-12-32-54(58)66(46-62(70)73(61,48-24-7-5-8-25-48)49-26-9-6-10-27-49)75(51-29-20-30-52(44-51)78(2,3)4)64-40-22-38-60-56-34-16-18-42-68(56)77-72(60)64/h5-46H,1-4H3. The number of para-hydroxylation sites is 4. The molecular weight excluding hydrogens is 965 g/mol. The maximum absolute atomic E-state index is 7.00. The first-order valence-corrected chi connectivity index (χ1v) is 30.6.